The number of carbonyl (C=O) groups is 2. The fraction of sp³-hybridized carbons (Fsp3) is 0.333. The number of phenolic OH excluding ortho intramolecular Hbond substituents is 1. The highest BCUT2D eigenvalue weighted by Crippen LogP contribution is 2.12. The van der Waals surface area contributed by atoms with Crippen LogP contribution in [0.3, 0.4) is 0 Å². The van der Waals surface area contributed by atoms with Gasteiger partial charge in [-0.3, -0.25) is 4.79 Å². The average Bonchev–Trinajstić information content (AvgIpc) is 2.39. The summed E-state index contributed by atoms with van der Waals surface area (Å²) in [6.07, 6.45) is -0.391. The molecule has 0 saturated carbocycles. The first-order chi connectivity index (χ1) is 8.56. The molecule has 1 aromatic rings. The number of ether oxygens (including phenoxy) is 1. The molecule has 1 rings (SSSR count). The maximum absolute atomic E-state index is 11.6. The molecule has 0 heterocycles. The first-order valence-electron chi connectivity index (χ1n) is 5.28. The molecular formula is C12H14ClNO4. The molecule has 0 spiro atoms. The monoisotopic (exact) mass is 271 g/mol. The van der Waals surface area contributed by atoms with E-state index in [0.717, 1.165) is 5.56 Å². The van der Waals surface area contributed by atoms with Gasteiger partial charge in [0, 0.05) is 0 Å². The van der Waals surface area contributed by atoms with Crippen LogP contribution in [0.4, 0.5) is 4.79 Å². The van der Waals surface area contributed by atoms with Crippen molar-refractivity contribution in [2.24, 2.45) is 0 Å². The van der Waals surface area contributed by atoms with E-state index in [2.05, 4.69) is 10.1 Å². The maximum Gasteiger partial charge on any atom is 0.407 e. The lowest BCUT2D eigenvalue weighted by Gasteiger charge is -2.15. The summed E-state index contributed by atoms with van der Waals surface area (Å²) in [5.74, 6) is -0.345. The second kappa shape index (κ2) is 6.86. The number of ketones is 1. The van der Waals surface area contributed by atoms with Crippen LogP contribution in [0, 0.1) is 0 Å². The third-order valence-electron chi connectivity index (χ3n) is 2.37. The SMILES string of the molecule is COC(=O)NC(Cc1ccc(O)cc1)C(=O)CCl. The van der Waals surface area contributed by atoms with Gasteiger partial charge in [0.2, 0.25) is 0 Å². The number of carbonyl (C=O) groups excluding carboxylic acids is 2. The molecule has 0 fully saturated rings. The van der Waals surface area contributed by atoms with Crippen LogP contribution in [-0.4, -0.2) is 36.0 Å². The van der Waals surface area contributed by atoms with Gasteiger partial charge in [0.1, 0.15) is 5.75 Å². The Kier molecular flexibility index (Phi) is 5.45. The van der Waals surface area contributed by atoms with Crippen molar-refractivity contribution < 1.29 is 19.4 Å². The molecule has 5 nitrogen and oxygen atoms in total. The smallest absolute Gasteiger partial charge is 0.407 e. The molecule has 1 amide bonds. The molecule has 6 heteroatoms. The molecule has 0 aliphatic rings. The Balaban J connectivity index is 2.74. The predicted molar refractivity (Wildman–Crippen MR) is 66.9 cm³/mol. The molecule has 0 aromatic heterocycles. The maximum atomic E-state index is 11.6. The number of aromatic hydroxyl groups is 1. The van der Waals surface area contributed by atoms with Crippen molar-refractivity contribution >= 4 is 23.5 Å². The highest BCUT2D eigenvalue weighted by atomic mass is 35.5. The van der Waals surface area contributed by atoms with Crippen LogP contribution in [0.5, 0.6) is 5.75 Å². The van der Waals surface area contributed by atoms with E-state index < -0.39 is 12.1 Å². The molecular weight excluding hydrogens is 258 g/mol. The van der Waals surface area contributed by atoms with Crippen molar-refractivity contribution in [3.8, 4) is 5.75 Å². The van der Waals surface area contributed by atoms with Gasteiger partial charge >= 0.3 is 6.09 Å². The van der Waals surface area contributed by atoms with Gasteiger partial charge in [-0.15, -0.1) is 11.6 Å². The largest absolute Gasteiger partial charge is 0.508 e. The van der Waals surface area contributed by atoms with Gasteiger partial charge in [0.15, 0.2) is 5.78 Å². The first kappa shape index (κ1) is 14.3. The van der Waals surface area contributed by atoms with Crippen molar-refractivity contribution in [2.45, 2.75) is 12.5 Å². The van der Waals surface area contributed by atoms with Crippen LogP contribution >= 0.6 is 11.6 Å². The van der Waals surface area contributed by atoms with E-state index in [9.17, 15) is 9.59 Å². The summed E-state index contributed by atoms with van der Waals surface area (Å²) >= 11 is 5.48. The highest BCUT2D eigenvalue weighted by Gasteiger charge is 2.20. The number of phenols is 1. The molecule has 2 N–H and O–H groups in total. The standard InChI is InChI=1S/C12H14ClNO4/c1-18-12(17)14-10(11(16)7-13)6-8-2-4-9(15)5-3-8/h2-5,10,15H,6-7H2,1H3,(H,14,17). The molecule has 0 bridgehead atoms. The number of nitrogens with one attached hydrogen (secondary N) is 1. The number of halogens is 1. The highest BCUT2D eigenvalue weighted by molar-refractivity contribution is 6.28. The van der Waals surface area contributed by atoms with E-state index in [1.54, 1.807) is 12.1 Å². The molecule has 0 aliphatic heterocycles. The summed E-state index contributed by atoms with van der Waals surface area (Å²) in [4.78, 5) is 22.7. The van der Waals surface area contributed by atoms with Crippen LogP contribution in [0.1, 0.15) is 5.56 Å². The molecule has 1 unspecified atom stereocenters. The first-order valence-corrected chi connectivity index (χ1v) is 5.81. The fourth-order valence-electron chi connectivity index (χ4n) is 1.41. The zero-order valence-corrected chi connectivity index (χ0v) is 10.6. The Morgan fingerprint density at radius 2 is 2.00 bits per heavy atom. The Hall–Kier alpha value is -1.75. The Morgan fingerprint density at radius 3 is 2.50 bits per heavy atom. The molecule has 1 aromatic carbocycles. The quantitative estimate of drug-likeness (QED) is 0.795. The summed E-state index contributed by atoms with van der Waals surface area (Å²) in [5.41, 5.74) is 0.799. The van der Waals surface area contributed by atoms with E-state index >= 15 is 0 Å². The minimum atomic E-state index is -0.737. The zero-order valence-electron chi connectivity index (χ0n) is 9.85. The lowest BCUT2D eigenvalue weighted by Crippen LogP contribution is -2.43. The molecule has 0 aliphatic carbocycles. The second-order valence-electron chi connectivity index (χ2n) is 3.66. The van der Waals surface area contributed by atoms with Gasteiger partial charge in [-0.1, -0.05) is 12.1 Å². The summed E-state index contributed by atoms with van der Waals surface area (Å²) in [6, 6.07) is 5.62. The van der Waals surface area contributed by atoms with Crippen molar-refractivity contribution in [2.75, 3.05) is 13.0 Å². The minimum Gasteiger partial charge on any atom is -0.508 e. The number of alkyl halides is 1. The second-order valence-corrected chi connectivity index (χ2v) is 3.93. The Morgan fingerprint density at radius 1 is 1.39 bits per heavy atom. The van der Waals surface area contributed by atoms with Gasteiger partial charge in [-0.25, -0.2) is 4.79 Å². The lowest BCUT2D eigenvalue weighted by atomic mass is 10.0. The van der Waals surface area contributed by atoms with E-state index in [-0.39, 0.29) is 17.4 Å². The lowest BCUT2D eigenvalue weighted by molar-refractivity contribution is -0.118. The van der Waals surface area contributed by atoms with Gasteiger partial charge < -0.3 is 15.2 Å². The minimum absolute atomic E-state index is 0.139. The van der Waals surface area contributed by atoms with Crippen LogP contribution in [0.15, 0.2) is 24.3 Å². The van der Waals surface area contributed by atoms with Crippen LogP contribution in [0.2, 0.25) is 0 Å². The van der Waals surface area contributed by atoms with Crippen LogP contribution < -0.4 is 5.32 Å². The average molecular weight is 272 g/mol. The summed E-state index contributed by atoms with van der Waals surface area (Å²) in [6.45, 7) is 0. The number of benzene rings is 1. The molecule has 1 atom stereocenters. The predicted octanol–water partition coefficient (Wildman–Crippen LogP) is 1.47. The fourth-order valence-corrected chi connectivity index (χ4v) is 1.59. The van der Waals surface area contributed by atoms with Crippen molar-refractivity contribution in [3.63, 3.8) is 0 Å². The molecule has 0 radical (unpaired) electrons. The third-order valence-corrected chi connectivity index (χ3v) is 2.64. The van der Waals surface area contributed by atoms with E-state index in [4.69, 9.17) is 16.7 Å². The number of alkyl carbamates (subject to hydrolysis) is 1. The van der Waals surface area contributed by atoms with Gasteiger partial charge in [0.25, 0.3) is 0 Å². The van der Waals surface area contributed by atoms with E-state index in [1.165, 1.54) is 19.2 Å². The summed E-state index contributed by atoms with van der Waals surface area (Å²) in [5, 5.41) is 11.6. The van der Waals surface area contributed by atoms with E-state index in [0.29, 0.717) is 6.42 Å². The number of rotatable bonds is 5. The topological polar surface area (TPSA) is 75.6 Å². The Bertz CT molecular complexity index is 419. The summed E-state index contributed by atoms with van der Waals surface area (Å²) in [7, 11) is 1.22. The van der Waals surface area contributed by atoms with Crippen molar-refractivity contribution in [1.29, 1.82) is 0 Å². The van der Waals surface area contributed by atoms with Crippen LogP contribution in [-0.2, 0) is 16.0 Å². The molecule has 0 saturated heterocycles. The number of methoxy groups -OCH3 is 1. The zero-order chi connectivity index (χ0) is 13.5. The van der Waals surface area contributed by atoms with Gasteiger partial charge in [-0.2, -0.15) is 0 Å². The normalized spacial score (nSPS) is 11.7. The van der Waals surface area contributed by atoms with Gasteiger partial charge in [0.05, 0.1) is 19.0 Å². The van der Waals surface area contributed by atoms with Gasteiger partial charge in [-0.05, 0) is 24.1 Å². The van der Waals surface area contributed by atoms with E-state index in [1.807, 2.05) is 0 Å². The third kappa shape index (κ3) is 4.25. The van der Waals surface area contributed by atoms with Crippen LogP contribution in [0.25, 0.3) is 0 Å². The number of Topliss-reactive ketones (excluding diaryl/α,β-unsaturated/α-hetero) is 1. The summed E-state index contributed by atoms with van der Waals surface area (Å²) < 4.78 is 4.45. The molecule has 98 valence electrons. The number of hydrogen-bond donors (Lipinski definition) is 2. The van der Waals surface area contributed by atoms with Crippen molar-refractivity contribution in [3.05, 3.63) is 29.8 Å². The number of hydrogen-bond acceptors (Lipinski definition) is 4. The molecule has 18 heavy (non-hydrogen) atoms. The van der Waals surface area contributed by atoms with Crippen molar-refractivity contribution in [1.82, 2.24) is 5.32 Å². The number of amides is 1. The Labute approximate surface area is 110 Å².